The number of halogens is 2. The first-order chi connectivity index (χ1) is 14.6. The van der Waals surface area contributed by atoms with Crippen molar-refractivity contribution in [1.29, 1.82) is 0 Å². The molecule has 2 heterocycles. The van der Waals surface area contributed by atoms with E-state index in [2.05, 4.69) is 58.4 Å². The van der Waals surface area contributed by atoms with Crippen molar-refractivity contribution < 1.29 is 103 Å². The summed E-state index contributed by atoms with van der Waals surface area (Å²) in [5, 5.41) is 6.81. The van der Waals surface area contributed by atoms with E-state index in [0.717, 1.165) is 26.2 Å². The molecule has 0 amide bonds. The molecule has 0 aromatic carbocycles. The predicted molar refractivity (Wildman–Crippen MR) is 99.6 cm³/mol. The number of rotatable bonds is 0. The SMILES string of the molecule is CN1CCNCCN(C)CC1.CN1CCNCCN(C)CC1.[Cu+2].[Cu+2].[O-][Cl+3]([O-])([O-])[O-].[O-][Cl+3]([O-])([O-])[O-].[OH-].[OH-]. The summed E-state index contributed by atoms with van der Waals surface area (Å²) in [6, 6.07) is 0. The molecule has 2 radical (unpaired) electrons. The number of hydrogen-bond donors (Lipinski definition) is 2. The second-order valence-corrected chi connectivity index (χ2v) is 8.98. The van der Waals surface area contributed by atoms with Crippen molar-refractivity contribution >= 4 is 0 Å². The van der Waals surface area contributed by atoms with Gasteiger partial charge in [0.2, 0.25) is 0 Å². The van der Waals surface area contributed by atoms with E-state index in [0.29, 0.717) is 0 Å². The number of nitrogens with zero attached hydrogens (tertiary/aromatic N) is 4. The third kappa shape index (κ3) is 55.5. The molecule has 20 heteroatoms. The van der Waals surface area contributed by atoms with Gasteiger partial charge in [0.25, 0.3) is 0 Å². The van der Waals surface area contributed by atoms with Crippen LogP contribution >= 0.6 is 0 Å². The Morgan fingerprint density at radius 1 is 0.417 bits per heavy atom. The molecule has 0 atom stereocenters. The second kappa shape index (κ2) is 29.0. The average Bonchev–Trinajstić information content (AvgIpc) is 2.76. The van der Waals surface area contributed by atoms with E-state index in [-0.39, 0.29) is 45.1 Å². The van der Waals surface area contributed by atoms with Crippen LogP contribution in [0, 0.1) is 20.5 Å². The van der Waals surface area contributed by atoms with E-state index in [9.17, 15) is 0 Å². The Labute approximate surface area is 239 Å². The van der Waals surface area contributed by atoms with E-state index >= 15 is 0 Å². The van der Waals surface area contributed by atoms with Crippen LogP contribution in [-0.4, -0.2) is 137 Å². The van der Waals surface area contributed by atoms with Gasteiger partial charge in [0.05, 0.1) is 0 Å². The molecular formula is C16H40Cl2Cu2N6O10. The van der Waals surface area contributed by atoms with Crippen molar-refractivity contribution in [3.05, 3.63) is 0 Å². The zero-order valence-corrected chi connectivity index (χ0v) is 24.2. The third-order valence-corrected chi connectivity index (χ3v) is 4.41. The summed E-state index contributed by atoms with van der Waals surface area (Å²) in [4.78, 5) is 9.48. The smallest absolute Gasteiger partial charge is 0.870 e. The van der Waals surface area contributed by atoms with Crippen LogP contribution in [0.5, 0.6) is 0 Å². The topological polar surface area (TPSA) is 282 Å². The molecule has 0 aromatic heterocycles. The Hall–Kier alpha value is 0.979. The maximum atomic E-state index is 8.49. The molecular weight excluding hydrogens is 634 g/mol. The summed E-state index contributed by atoms with van der Waals surface area (Å²) in [6.07, 6.45) is 0. The molecule has 0 bridgehead atoms. The third-order valence-electron chi connectivity index (χ3n) is 4.41. The Morgan fingerprint density at radius 3 is 0.694 bits per heavy atom. The van der Waals surface area contributed by atoms with Crippen LogP contribution in [0.25, 0.3) is 0 Å². The van der Waals surface area contributed by atoms with Crippen molar-refractivity contribution in [1.82, 2.24) is 30.2 Å². The van der Waals surface area contributed by atoms with Gasteiger partial charge in [0, 0.05) is 78.5 Å². The van der Waals surface area contributed by atoms with Crippen molar-refractivity contribution in [3.63, 3.8) is 0 Å². The maximum absolute atomic E-state index is 8.49. The monoisotopic (exact) mass is 672 g/mol. The summed E-state index contributed by atoms with van der Waals surface area (Å²) in [7, 11) is -1.16. The Kier molecular flexibility index (Phi) is 40.1. The molecule has 0 spiro atoms. The Balaban J connectivity index is -0.0000000854. The van der Waals surface area contributed by atoms with Crippen LogP contribution in [0.15, 0.2) is 0 Å². The summed E-state index contributed by atoms with van der Waals surface area (Å²) in [6.45, 7) is 14.0. The molecule has 16 nitrogen and oxygen atoms in total. The zero-order chi connectivity index (χ0) is 25.2. The Bertz CT molecular complexity index is 375. The summed E-state index contributed by atoms with van der Waals surface area (Å²) in [5.41, 5.74) is 0. The first kappa shape index (κ1) is 49.9. The van der Waals surface area contributed by atoms with Gasteiger partial charge >= 0.3 is 34.1 Å². The normalized spacial score (nSPS) is 19.0. The first-order valence-electron chi connectivity index (χ1n) is 9.97. The maximum Gasteiger partial charge on any atom is 2.00 e. The molecule has 0 aromatic rings. The average molecular weight is 675 g/mol. The molecule has 4 N–H and O–H groups in total. The molecule has 230 valence electrons. The summed E-state index contributed by atoms with van der Waals surface area (Å²) < 4.78 is 67.9. The van der Waals surface area contributed by atoms with Crippen molar-refractivity contribution in [2.45, 2.75) is 0 Å². The molecule has 0 aliphatic carbocycles. The van der Waals surface area contributed by atoms with Gasteiger partial charge in [-0.1, -0.05) is 0 Å². The second-order valence-electron chi connectivity index (χ2n) is 7.47. The minimum Gasteiger partial charge on any atom is -0.870 e. The molecule has 2 rings (SSSR count). The van der Waals surface area contributed by atoms with Gasteiger partial charge in [-0.15, -0.1) is 20.5 Å². The van der Waals surface area contributed by atoms with Gasteiger partial charge < -0.3 is 41.2 Å². The van der Waals surface area contributed by atoms with Gasteiger partial charge in [0.15, 0.2) is 0 Å². The van der Waals surface area contributed by atoms with Gasteiger partial charge in [-0.3, -0.25) is 0 Å². The molecule has 2 aliphatic rings. The fourth-order valence-electron chi connectivity index (χ4n) is 2.46. The zero-order valence-electron chi connectivity index (χ0n) is 20.8. The van der Waals surface area contributed by atoms with Gasteiger partial charge in [-0.2, -0.15) is 0 Å². The van der Waals surface area contributed by atoms with Gasteiger partial charge in [0.1, 0.15) is 0 Å². The van der Waals surface area contributed by atoms with E-state index in [1.54, 1.807) is 0 Å². The van der Waals surface area contributed by atoms with Gasteiger partial charge in [-0.05, 0) is 28.2 Å². The van der Waals surface area contributed by atoms with E-state index in [1.807, 2.05) is 0 Å². The van der Waals surface area contributed by atoms with Gasteiger partial charge in [-0.25, -0.2) is 37.3 Å². The largest absolute Gasteiger partial charge is 2.00 e. The molecule has 0 unspecified atom stereocenters. The quantitative estimate of drug-likeness (QED) is 0.226. The van der Waals surface area contributed by atoms with Crippen LogP contribution in [0.3, 0.4) is 0 Å². The van der Waals surface area contributed by atoms with Crippen molar-refractivity contribution in [2.75, 3.05) is 107 Å². The number of nitrogens with one attached hydrogen (secondary N) is 2. The molecule has 0 saturated carbocycles. The fourth-order valence-corrected chi connectivity index (χ4v) is 2.46. The molecule has 36 heavy (non-hydrogen) atoms. The molecule has 2 saturated heterocycles. The summed E-state index contributed by atoms with van der Waals surface area (Å²) in [5.74, 6) is 0. The minimum atomic E-state index is -4.94. The van der Waals surface area contributed by atoms with E-state index < -0.39 is 20.5 Å². The van der Waals surface area contributed by atoms with E-state index in [4.69, 9.17) is 37.3 Å². The van der Waals surface area contributed by atoms with E-state index in [1.165, 1.54) is 52.4 Å². The molecule has 2 aliphatic heterocycles. The Morgan fingerprint density at radius 2 is 0.556 bits per heavy atom. The van der Waals surface area contributed by atoms with Crippen LogP contribution in [0.4, 0.5) is 0 Å². The van der Waals surface area contributed by atoms with Crippen LogP contribution in [0.2, 0.25) is 0 Å². The minimum absolute atomic E-state index is 0. The summed E-state index contributed by atoms with van der Waals surface area (Å²) >= 11 is 0. The van der Waals surface area contributed by atoms with Crippen LogP contribution in [0.1, 0.15) is 0 Å². The number of likely N-dealkylation sites (N-methyl/N-ethyl adjacent to an activating group) is 4. The fraction of sp³-hybridized carbons (Fsp3) is 1.00. The van der Waals surface area contributed by atoms with Crippen LogP contribution in [-0.2, 0) is 34.1 Å². The molecule has 2 fully saturated rings. The number of hydrogen-bond acceptors (Lipinski definition) is 16. The van der Waals surface area contributed by atoms with Crippen molar-refractivity contribution in [3.8, 4) is 0 Å². The first-order valence-corrected chi connectivity index (χ1v) is 12.4. The predicted octanol–water partition coefficient (Wildman–Crippen LogP) is -11.0. The van der Waals surface area contributed by atoms with Crippen LogP contribution < -0.4 is 47.9 Å². The standard InChI is InChI=1S/2C8H19N3.2ClHO4.2Cu.2H2O/c2*1-10-5-3-9-4-6-11(2)8-7-10;2*2-1(3,4)5;;;;/h2*9H,3-8H2,1-2H3;2*(H,2,3,4,5);;;2*1H2/q;;;;2*+2;;/p-4. The van der Waals surface area contributed by atoms with Crippen molar-refractivity contribution in [2.24, 2.45) is 0 Å².